The van der Waals surface area contributed by atoms with Gasteiger partial charge in [-0.1, -0.05) is 15.9 Å². The van der Waals surface area contributed by atoms with Crippen molar-refractivity contribution >= 4 is 27.6 Å². The molecule has 1 aliphatic rings. The number of alkyl halides is 3. The van der Waals surface area contributed by atoms with Gasteiger partial charge in [-0.2, -0.15) is 0 Å². The number of hydrogen-bond donors (Lipinski definition) is 2. The van der Waals surface area contributed by atoms with Gasteiger partial charge in [-0.05, 0) is 31.0 Å². The highest BCUT2D eigenvalue weighted by molar-refractivity contribution is 9.10. The molecule has 1 fully saturated rings. The lowest BCUT2D eigenvalue weighted by molar-refractivity contribution is -0.274. The highest BCUT2D eigenvalue weighted by Gasteiger charge is 2.32. The van der Waals surface area contributed by atoms with E-state index in [2.05, 4.69) is 31.0 Å². The number of aliphatic imine (C=N–C) groups is 1. The topological polar surface area (TPSA) is 59.6 Å². The van der Waals surface area contributed by atoms with Crippen LogP contribution in [0.3, 0.4) is 0 Å². The van der Waals surface area contributed by atoms with Gasteiger partial charge >= 0.3 is 6.36 Å². The van der Waals surface area contributed by atoms with Crippen LogP contribution < -0.4 is 15.8 Å². The molecule has 0 spiro atoms. The Kier molecular flexibility index (Phi) is 3.88. The summed E-state index contributed by atoms with van der Waals surface area (Å²) < 4.78 is 41.3. The van der Waals surface area contributed by atoms with E-state index in [1.165, 1.54) is 12.1 Å². The zero-order valence-corrected chi connectivity index (χ0v) is 11.3. The fourth-order valence-corrected chi connectivity index (χ4v) is 1.72. The van der Waals surface area contributed by atoms with Gasteiger partial charge in [-0.25, -0.2) is 4.99 Å². The van der Waals surface area contributed by atoms with Crippen LogP contribution >= 0.6 is 15.9 Å². The summed E-state index contributed by atoms with van der Waals surface area (Å²) in [5, 5.41) is 2.61. The quantitative estimate of drug-likeness (QED) is 0.657. The molecule has 0 bridgehead atoms. The van der Waals surface area contributed by atoms with Crippen molar-refractivity contribution in [3.05, 3.63) is 22.7 Å². The summed E-state index contributed by atoms with van der Waals surface area (Å²) in [7, 11) is 0. The first kappa shape index (κ1) is 14.0. The lowest BCUT2D eigenvalue weighted by Gasteiger charge is -2.14. The van der Waals surface area contributed by atoms with Crippen LogP contribution in [0.25, 0.3) is 0 Å². The monoisotopic (exact) mass is 337 g/mol. The maximum absolute atomic E-state index is 12.3. The van der Waals surface area contributed by atoms with Crippen molar-refractivity contribution in [1.29, 1.82) is 0 Å². The molecule has 2 rings (SSSR count). The molecule has 3 N–H and O–H groups in total. The van der Waals surface area contributed by atoms with Crippen LogP contribution in [0.2, 0.25) is 0 Å². The lowest BCUT2D eigenvalue weighted by atomic mass is 10.3. The molecule has 1 aromatic carbocycles. The highest BCUT2D eigenvalue weighted by atomic mass is 79.9. The fraction of sp³-hybridized carbons (Fsp3) is 0.364. The summed E-state index contributed by atoms with van der Waals surface area (Å²) in [4.78, 5) is 4.08. The molecule has 1 aromatic rings. The van der Waals surface area contributed by atoms with Gasteiger partial charge in [0.2, 0.25) is 0 Å². The van der Waals surface area contributed by atoms with E-state index < -0.39 is 6.36 Å². The molecule has 0 atom stereocenters. The molecule has 0 heterocycles. The van der Waals surface area contributed by atoms with Gasteiger partial charge in [0.05, 0.1) is 11.7 Å². The fourth-order valence-electron chi connectivity index (χ4n) is 1.38. The Morgan fingerprint density at radius 2 is 2.11 bits per heavy atom. The molecule has 0 radical (unpaired) electrons. The van der Waals surface area contributed by atoms with E-state index in [0.717, 1.165) is 12.8 Å². The summed E-state index contributed by atoms with van der Waals surface area (Å²) in [6, 6.07) is 4.39. The Hall–Kier alpha value is -1.44. The molecular formula is C11H11BrF3N3O. The average molecular weight is 338 g/mol. The van der Waals surface area contributed by atoms with Gasteiger partial charge < -0.3 is 15.8 Å². The standard InChI is InChI=1S/C11H11BrF3N3O/c12-6-1-4-8(9(5-6)19-11(13,14)15)18-10(16)17-7-2-3-7/h1,4-5,7H,2-3H2,(H3,16,17,18). The molecule has 1 saturated carbocycles. The number of anilines is 1. The van der Waals surface area contributed by atoms with E-state index in [-0.39, 0.29) is 23.4 Å². The van der Waals surface area contributed by atoms with E-state index >= 15 is 0 Å². The Labute approximate surface area is 116 Å². The van der Waals surface area contributed by atoms with Crippen molar-refractivity contribution in [2.75, 3.05) is 5.32 Å². The van der Waals surface area contributed by atoms with Crippen LogP contribution in [0.15, 0.2) is 27.7 Å². The molecule has 0 aromatic heterocycles. The minimum atomic E-state index is -4.76. The first-order chi connectivity index (χ1) is 8.83. The number of rotatable bonds is 3. The van der Waals surface area contributed by atoms with Crippen molar-refractivity contribution in [2.45, 2.75) is 25.2 Å². The third-order valence-electron chi connectivity index (χ3n) is 2.30. The van der Waals surface area contributed by atoms with Crippen LogP contribution in [0, 0.1) is 0 Å². The smallest absolute Gasteiger partial charge is 0.404 e. The van der Waals surface area contributed by atoms with Crippen molar-refractivity contribution in [2.24, 2.45) is 10.7 Å². The first-order valence-electron chi connectivity index (χ1n) is 5.49. The summed E-state index contributed by atoms with van der Waals surface area (Å²) >= 11 is 3.08. The van der Waals surface area contributed by atoms with Crippen molar-refractivity contribution in [1.82, 2.24) is 0 Å². The van der Waals surface area contributed by atoms with E-state index in [9.17, 15) is 13.2 Å². The number of ether oxygens (including phenoxy) is 1. The molecule has 4 nitrogen and oxygen atoms in total. The first-order valence-corrected chi connectivity index (χ1v) is 6.28. The van der Waals surface area contributed by atoms with Gasteiger partial charge in [-0.15, -0.1) is 13.2 Å². The Morgan fingerprint density at radius 3 is 2.68 bits per heavy atom. The maximum atomic E-state index is 12.3. The summed E-state index contributed by atoms with van der Waals surface area (Å²) in [5.74, 6) is -0.285. The molecule has 19 heavy (non-hydrogen) atoms. The minimum absolute atomic E-state index is 0.0804. The number of nitrogens with two attached hydrogens (primary N) is 1. The van der Waals surface area contributed by atoms with Crippen LogP contribution in [0.1, 0.15) is 12.8 Å². The summed E-state index contributed by atoms with van der Waals surface area (Å²) in [6.07, 6.45) is -2.86. The normalized spacial score (nSPS) is 16.3. The van der Waals surface area contributed by atoms with Gasteiger partial charge in [0.15, 0.2) is 11.7 Å². The SMILES string of the molecule is NC(=NC1CC1)Nc1ccc(Br)cc1OC(F)(F)F. The summed E-state index contributed by atoms with van der Waals surface area (Å²) in [5.41, 5.74) is 5.72. The number of benzene rings is 1. The molecule has 0 aliphatic heterocycles. The number of nitrogens with zero attached hydrogens (tertiary/aromatic N) is 1. The molecular weight excluding hydrogens is 327 g/mol. The zero-order valence-electron chi connectivity index (χ0n) is 9.67. The summed E-state index contributed by atoms with van der Waals surface area (Å²) in [6.45, 7) is 0. The van der Waals surface area contributed by atoms with E-state index in [1.54, 1.807) is 6.07 Å². The van der Waals surface area contributed by atoms with E-state index in [0.29, 0.717) is 4.47 Å². The van der Waals surface area contributed by atoms with E-state index in [1.807, 2.05) is 0 Å². The Bertz CT molecular complexity index is 500. The van der Waals surface area contributed by atoms with Crippen LogP contribution in [0.5, 0.6) is 5.75 Å². The maximum Gasteiger partial charge on any atom is 0.573 e. The Balaban J connectivity index is 2.18. The minimum Gasteiger partial charge on any atom is -0.404 e. The number of hydrogen-bond acceptors (Lipinski definition) is 2. The second kappa shape index (κ2) is 5.28. The largest absolute Gasteiger partial charge is 0.573 e. The predicted molar refractivity (Wildman–Crippen MR) is 69.1 cm³/mol. The van der Waals surface area contributed by atoms with Crippen LogP contribution in [-0.2, 0) is 0 Å². The Morgan fingerprint density at radius 1 is 1.42 bits per heavy atom. The van der Waals surface area contributed by atoms with Gasteiger partial charge in [0.1, 0.15) is 0 Å². The molecule has 0 amide bonds. The molecule has 0 saturated heterocycles. The lowest BCUT2D eigenvalue weighted by Crippen LogP contribution is -2.24. The van der Waals surface area contributed by atoms with Crippen LogP contribution in [0.4, 0.5) is 18.9 Å². The number of halogens is 4. The third kappa shape index (κ3) is 4.62. The number of nitrogens with one attached hydrogen (secondary N) is 1. The van der Waals surface area contributed by atoms with Gasteiger partial charge in [0, 0.05) is 4.47 Å². The second-order valence-electron chi connectivity index (χ2n) is 4.06. The average Bonchev–Trinajstić information content (AvgIpc) is 3.03. The zero-order chi connectivity index (χ0) is 14.0. The molecule has 8 heteroatoms. The van der Waals surface area contributed by atoms with Gasteiger partial charge in [-0.3, -0.25) is 0 Å². The highest BCUT2D eigenvalue weighted by Crippen LogP contribution is 2.33. The van der Waals surface area contributed by atoms with Gasteiger partial charge in [0.25, 0.3) is 0 Å². The predicted octanol–water partition coefficient (Wildman–Crippen LogP) is 3.24. The van der Waals surface area contributed by atoms with Crippen molar-refractivity contribution in [3.63, 3.8) is 0 Å². The third-order valence-corrected chi connectivity index (χ3v) is 2.79. The number of guanidine groups is 1. The molecule has 1 aliphatic carbocycles. The van der Waals surface area contributed by atoms with Crippen LogP contribution in [-0.4, -0.2) is 18.4 Å². The van der Waals surface area contributed by atoms with E-state index in [4.69, 9.17) is 5.73 Å². The second-order valence-corrected chi connectivity index (χ2v) is 4.97. The molecule has 104 valence electrons. The van der Waals surface area contributed by atoms with Crippen molar-refractivity contribution in [3.8, 4) is 5.75 Å². The molecule has 0 unspecified atom stereocenters. The van der Waals surface area contributed by atoms with Crippen molar-refractivity contribution < 1.29 is 17.9 Å².